The summed E-state index contributed by atoms with van der Waals surface area (Å²) in [4.78, 5) is 27.7. The minimum Gasteiger partial charge on any atom is -0.444 e. The third kappa shape index (κ3) is 3.57. The number of ether oxygens (including phenoxy) is 1. The molecule has 0 aromatic heterocycles. The molecule has 0 fully saturated rings. The molecule has 5 nitrogen and oxygen atoms in total. The number of para-hydroxylation sites is 2. The summed E-state index contributed by atoms with van der Waals surface area (Å²) in [5.74, 6) is -0.289. The second kappa shape index (κ2) is 7.60. The summed E-state index contributed by atoms with van der Waals surface area (Å²) >= 11 is 0. The van der Waals surface area contributed by atoms with E-state index in [1.807, 2.05) is 59.5 Å². The standard InChI is InChI=1S/C21H24N2O3/c1-15-13-21(23(16(2)24)18-9-5-4-6-10-18)19-11-7-8-12-20(19)22(15)14-26-17(3)25/h4-12,15,21H,13-14H2,1-3H3/t15-,21+/m0/s1. The molecule has 1 heterocycles. The van der Waals surface area contributed by atoms with Crippen LogP contribution in [0.2, 0.25) is 0 Å². The van der Waals surface area contributed by atoms with Crippen molar-refractivity contribution in [2.75, 3.05) is 16.5 Å². The van der Waals surface area contributed by atoms with E-state index in [-0.39, 0.29) is 30.7 Å². The third-order valence-corrected chi connectivity index (χ3v) is 4.79. The molecule has 0 unspecified atom stereocenters. The first kappa shape index (κ1) is 18.0. The molecule has 1 aliphatic heterocycles. The van der Waals surface area contributed by atoms with E-state index in [1.54, 1.807) is 6.92 Å². The van der Waals surface area contributed by atoms with Gasteiger partial charge >= 0.3 is 5.97 Å². The van der Waals surface area contributed by atoms with Gasteiger partial charge in [-0.3, -0.25) is 9.59 Å². The van der Waals surface area contributed by atoms with Crippen LogP contribution in [0.25, 0.3) is 0 Å². The predicted octanol–water partition coefficient (Wildman–Crippen LogP) is 3.90. The van der Waals surface area contributed by atoms with Crippen molar-refractivity contribution in [2.45, 2.75) is 39.3 Å². The molecule has 0 radical (unpaired) electrons. The summed E-state index contributed by atoms with van der Waals surface area (Å²) in [5, 5.41) is 0. The van der Waals surface area contributed by atoms with Crippen LogP contribution < -0.4 is 9.80 Å². The largest absolute Gasteiger partial charge is 0.444 e. The zero-order valence-corrected chi connectivity index (χ0v) is 15.4. The van der Waals surface area contributed by atoms with Crippen LogP contribution in [0.1, 0.15) is 38.8 Å². The van der Waals surface area contributed by atoms with Crippen LogP contribution in [0.4, 0.5) is 11.4 Å². The zero-order valence-electron chi connectivity index (χ0n) is 15.4. The van der Waals surface area contributed by atoms with Crippen molar-refractivity contribution in [2.24, 2.45) is 0 Å². The van der Waals surface area contributed by atoms with Crippen molar-refractivity contribution in [1.29, 1.82) is 0 Å². The number of carbonyl (C=O) groups is 2. The molecule has 1 aliphatic rings. The molecule has 5 heteroatoms. The Bertz CT molecular complexity index is 791. The zero-order chi connectivity index (χ0) is 18.7. The maximum absolute atomic E-state index is 12.5. The maximum atomic E-state index is 12.5. The smallest absolute Gasteiger partial charge is 0.304 e. The molecule has 0 spiro atoms. The summed E-state index contributed by atoms with van der Waals surface area (Å²) in [5.41, 5.74) is 2.96. The highest BCUT2D eigenvalue weighted by Gasteiger charge is 2.35. The van der Waals surface area contributed by atoms with Crippen LogP contribution in [0.3, 0.4) is 0 Å². The third-order valence-electron chi connectivity index (χ3n) is 4.79. The molecule has 0 aliphatic carbocycles. The number of nitrogens with zero attached hydrogens (tertiary/aromatic N) is 2. The molecule has 2 atom stereocenters. The monoisotopic (exact) mass is 352 g/mol. The van der Waals surface area contributed by atoms with Gasteiger partial charge in [0.1, 0.15) is 0 Å². The van der Waals surface area contributed by atoms with Crippen molar-refractivity contribution in [3.8, 4) is 0 Å². The molecule has 2 aromatic carbocycles. The van der Waals surface area contributed by atoms with Crippen LogP contribution in [-0.2, 0) is 14.3 Å². The van der Waals surface area contributed by atoms with Crippen molar-refractivity contribution in [1.82, 2.24) is 0 Å². The molecule has 0 bridgehead atoms. The lowest BCUT2D eigenvalue weighted by atomic mass is 9.90. The fourth-order valence-electron chi connectivity index (χ4n) is 3.62. The minimum atomic E-state index is -0.300. The lowest BCUT2D eigenvalue weighted by Crippen LogP contribution is -2.45. The van der Waals surface area contributed by atoms with Gasteiger partial charge in [-0.2, -0.15) is 0 Å². The number of anilines is 2. The van der Waals surface area contributed by atoms with E-state index in [0.29, 0.717) is 0 Å². The van der Waals surface area contributed by atoms with E-state index in [4.69, 9.17) is 4.74 Å². The van der Waals surface area contributed by atoms with Crippen LogP contribution >= 0.6 is 0 Å². The number of hydrogen-bond acceptors (Lipinski definition) is 4. The number of benzene rings is 2. The number of esters is 1. The van der Waals surface area contributed by atoms with E-state index < -0.39 is 0 Å². The molecule has 0 N–H and O–H groups in total. The summed E-state index contributed by atoms with van der Waals surface area (Å²) in [7, 11) is 0. The number of fused-ring (bicyclic) bond motifs is 1. The molecular formula is C21H24N2O3. The first-order valence-corrected chi connectivity index (χ1v) is 8.83. The van der Waals surface area contributed by atoms with Gasteiger partial charge in [-0.25, -0.2) is 0 Å². The topological polar surface area (TPSA) is 49.9 Å². The SMILES string of the molecule is CC(=O)OCN1c2ccccc2[C@H](N(C(C)=O)c2ccccc2)C[C@@H]1C. The molecular weight excluding hydrogens is 328 g/mol. The first-order valence-electron chi connectivity index (χ1n) is 8.83. The Labute approximate surface area is 154 Å². The Morgan fingerprint density at radius 1 is 1.08 bits per heavy atom. The normalized spacial score (nSPS) is 18.8. The van der Waals surface area contributed by atoms with Crippen molar-refractivity contribution >= 4 is 23.3 Å². The Morgan fingerprint density at radius 3 is 2.38 bits per heavy atom. The molecule has 0 saturated carbocycles. The van der Waals surface area contributed by atoms with Gasteiger partial charge in [0.15, 0.2) is 6.73 Å². The molecule has 2 aromatic rings. The second-order valence-corrected chi connectivity index (χ2v) is 6.62. The highest BCUT2D eigenvalue weighted by Crippen LogP contribution is 2.41. The molecule has 136 valence electrons. The summed E-state index contributed by atoms with van der Waals surface area (Å²) < 4.78 is 5.24. The Morgan fingerprint density at radius 2 is 1.73 bits per heavy atom. The average molecular weight is 352 g/mol. The summed E-state index contributed by atoms with van der Waals surface area (Å²) in [6.45, 7) is 5.32. The Hall–Kier alpha value is -2.82. The number of rotatable bonds is 4. The summed E-state index contributed by atoms with van der Waals surface area (Å²) in [6.07, 6.45) is 0.757. The lowest BCUT2D eigenvalue weighted by Gasteiger charge is -2.43. The van der Waals surface area contributed by atoms with Gasteiger partial charge in [0, 0.05) is 31.3 Å². The second-order valence-electron chi connectivity index (χ2n) is 6.62. The van der Waals surface area contributed by atoms with Crippen molar-refractivity contribution in [3.63, 3.8) is 0 Å². The van der Waals surface area contributed by atoms with Gasteiger partial charge in [0.25, 0.3) is 0 Å². The number of amides is 1. The fraction of sp³-hybridized carbons (Fsp3) is 0.333. The van der Waals surface area contributed by atoms with Gasteiger partial charge < -0.3 is 14.5 Å². The number of carbonyl (C=O) groups excluding carboxylic acids is 2. The van der Waals surface area contributed by atoms with Crippen LogP contribution in [0, 0.1) is 0 Å². The average Bonchev–Trinajstić information content (AvgIpc) is 2.62. The van der Waals surface area contributed by atoms with E-state index >= 15 is 0 Å². The van der Waals surface area contributed by atoms with Crippen LogP contribution in [0.5, 0.6) is 0 Å². The van der Waals surface area contributed by atoms with Gasteiger partial charge in [0.2, 0.25) is 5.91 Å². The molecule has 0 saturated heterocycles. The fourth-order valence-corrected chi connectivity index (χ4v) is 3.62. The van der Waals surface area contributed by atoms with Crippen molar-refractivity contribution in [3.05, 3.63) is 60.2 Å². The van der Waals surface area contributed by atoms with Gasteiger partial charge in [-0.1, -0.05) is 36.4 Å². The highest BCUT2D eigenvalue weighted by molar-refractivity contribution is 5.92. The van der Waals surface area contributed by atoms with Gasteiger partial charge in [-0.05, 0) is 37.1 Å². The van der Waals surface area contributed by atoms with Crippen molar-refractivity contribution < 1.29 is 14.3 Å². The van der Waals surface area contributed by atoms with E-state index in [2.05, 4.69) is 11.8 Å². The predicted molar refractivity (Wildman–Crippen MR) is 102 cm³/mol. The van der Waals surface area contributed by atoms with Gasteiger partial charge in [0.05, 0.1) is 6.04 Å². The van der Waals surface area contributed by atoms with Gasteiger partial charge in [-0.15, -0.1) is 0 Å². The van der Waals surface area contributed by atoms with E-state index in [1.165, 1.54) is 6.92 Å². The first-order chi connectivity index (χ1) is 12.5. The highest BCUT2D eigenvalue weighted by atomic mass is 16.5. The van der Waals surface area contributed by atoms with Crippen LogP contribution in [-0.4, -0.2) is 24.6 Å². The quantitative estimate of drug-likeness (QED) is 0.783. The lowest BCUT2D eigenvalue weighted by molar-refractivity contribution is -0.141. The molecule has 1 amide bonds. The molecule has 26 heavy (non-hydrogen) atoms. The number of hydrogen-bond donors (Lipinski definition) is 0. The summed E-state index contributed by atoms with van der Waals surface area (Å²) in [6, 6.07) is 17.8. The Balaban J connectivity index is 2.01. The van der Waals surface area contributed by atoms with Crippen LogP contribution in [0.15, 0.2) is 54.6 Å². The Kier molecular flexibility index (Phi) is 5.26. The van der Waals surface area contributed by atoms with E-state index in [9.17, 15) is 9.59 Å². The van der Waals surface area contributed by atoms with E-state index in [0.717, 1.165) is 23.4 Å². The molecule has 3 rings (SSSR count). The minimum absolute atomic E-state index is 0.0108. The maximum Gasteiger partial charge on any atom is 0.304 e.